The average molecular weight is 440 g/mol. The summed E-state index contributed by atoms with van der Waals surface area (Å²) in [4.78, 5) is 28.6. The van der Waals surface area contributed by atoms with Crippen LogP contribution in [0.5, 0.6) is 11.5 Å². The number of methoxy groups -OCH3 is 1. The SMILES string of the molecule is COc1ccc(/C=C/C(=O)Cc2cccc3c2ncn3Cc2ccccc2)cc1OC(C)=O. The van der Waals surface area contributed by atoms with Crippen LogP contribution >= 0.6 is 0 Å². The van der Waals surface area contributed by atoms with Gasteiger partial charge in [0, 0.05) is 19.9 Å². The maximum absolute atomic E-state index is 12.7. The number of rotatable bonds is 8. The van der Waals surface area contributed by atoms with Crippen molar-refractivity contribution in [1.29, 1.82) is 0 Å². The van der Waals surface area contributed by atoms with E-state index in [4.69, 9.17) is 9.47 Å². The molecule has 0 unspecified atom stereocenters. The average Bonchev–Trinajstić information content (AvgIpc) is 3.22. The van der Waals surface area contributed by atoms with E-state index in [1.807, 2.05) is 42.7 Å². The molecule has 166 valence electrons. The summed E-state index contributed by atoms with van der Waals surface area (Å²) in [6, 6.07) is 21.2. The Morgan fingerprint density at radius 3 is 2.58 bits per heavy atom. The number of hydrogen-bond acceptors (Lipinski definition) is 5. The highest BCUT2D eigenvalue weighted by Gasteiger charge is 2.11. The van der Waals surface area contributed by atoms with Gasteiger partial charge in [0.05, 0.1) is 24.5 Å². The molecule has 0 atom stereocenters. The number of hydrogen-bond donors (Lipinski definition) is 0. The predicted octanol–water partition coefficient (Wildman–Crippen LogP) is 4.84. The van der Waals surface area contributed by atoms with E-state index in [0.717, 1.165) is 28.7 Å². The van der Waals surface area contributed by atoms with Crippen LogP contribution in [0.25, 0.3) is 17.1 Å². The minimum atomic E-state index is -0.440. The number of ketones is 1. The van der Waals surface area contributed by atoms with Gasteiger partial charge in [-0.25, -0.2) is 4.98 Å². The van der Waals surface area contributed by atoms with Gasteiger partial charge in [0.25, 0.3) is 0 Å². The lowest BCUT2D eigenvalue weighted by atomic mass is 10.1. The molecule has 4 aromatic rings. The lowest BCUT2D eigenvalue weighted by Crippen LogP contribution is -2.03. The van der Waals surface area contributed by atoms with Gasteiger partial charge >= 0.3 is 5.97 Å². The monoisotopic (exact) mass is 440 g/mol. The van der Waals surface area contributed by atoms with Crippen LogP contribution in [0, 0.1) is 0 Å². The number of carbonyl (C=O) groups excluding carboxylic acids is 2. The second-order valence-corrected chi connectivity index (χ2v) is 7.62. The highest BCUT2D eigenvalue weighted by atomic mass is 16.6. The van der Waals surface area contributed by atoms with E-state index < -0.39 is 5.97 Å². The van der Waals surface area contributed by atoms with Crippen LogP contribution in [-0.2, 0) is 22.6 Å². The van der Waals surface area contributed by atoms with Crippen LogP contribution in [-0.4, -0.2) is 28.4 Å². The van der Waals surface area contributed by atoms with Crippen LogP contribution in [0.1, 0.15) is 23.6 Å². The number of benzene rings is 3. The molecule has 0 fully saturated rings. The molecule has 6 heteroatoms. The first-order valence-corrected chi connectivity index (χ1v) is 10.6. The topological polar surface area (TPSA) is 70.4 Å². The molecule has 3 aromatic carbocycles. The number of carbonyl (C=O) groups is 2. The van der Waals surface area contributed by atoms with Gasteiger partial charge in [0.1, 0.15) is 0 Å². The third-order valence-corrected chi connectivity index (χ3v) is 5.20. The molecule has 0 aliphatic heterocycles. The summed E-state index contributed by atoms with van der Waals surface area (Å²) >= 11 is 0. The fourth-order valence-corrected chi connectivity index (χ4v) is 3.66. The molecule has 0 spiro atoms. The maximum Gasteiger partial charge on any atom is 0.308 e. The summed E-state index contributed by atoms with van der Waals surface area (Å²) in [7, 11) is 1.50. The fraction of sp³-hybridized carbons (Fsp3) is 0.148. The molecule has 0 radical (unpaired) electrons. The second kappa shape index (κ2) is 9.96. The Hall–Kier alpha value is -4.19. The summed E-state index contributed by atoms with van der Waals surface area (Å²) < 4.78 is 12.5. The van der Waals surface area contributed by atoms with Gasteiger partial charge in [0.2, 0.25) is 0 Å². The minimum absolute atomic E-state index is 0.0510. The molecule has 0 saturated heterocycles. The van der Waals surface area contributed by atoms with Gasteiger partial charge in [0.15, 0.2) is 17.3 Å². The molecule has 0 bridgehead atoms. The van der Waals surface area contributed by atoms with E-state index in [2.05, 4.69) is 21.7 Å². The van der Waals surface area contributed by atoms with Crippen LogP contribution in [0.2, 0.25) is 0 Å². The molecular formula is C27H24N2O4. The second-order valence-electron chi connectivity index (χ2n) is 7.62. The van der Waals surface area contributed by atoms with Crippen molar-refractivity contribution in [3.8, 4) is 11.5 Å². The van der Waals surface area contributed by atoms with E-state index in [-0.39, 0.29) is 12.2 Å². The Morgan fingerprint density at radius 1 is 1.00 bits per heavy atom. The highest BCUT2D eigenvalue weighted by Crippen LogP contribution is 2.28. The Labute approximate surface area is 192 Å². The number of nitrogens with zero attached hydrogens (tertiary/aromatic N) is 2. The lowest BCUT2D eigenvalue weighted by molar-refractivity contribution is -0.132. The van der Waals surface area contributed by atoms with Crippen molar-refractivity contribution >= 4 is 28.9 Å². The molecule has 0 amide bonds. The Bertz CT molecular complexity index is 1320. The molecule has 0 aliphatic carbocycles. The molecule has 4 rings (SSSR count). The van der Waals surface area contributed by atoms with Gasteiger partial charge in [-0.3, -0.25) is 9.59 Å². The highest BCUT2D eigenvalue weighted by molar-refractivity contribution is 5.97. The van der Waals surface area contributed by atoms with Gasteiger partial charge in [-0.15, -0.1) is 0 Å². The first-order valence-electron chi connectivity index (χ1n) is 10.6. The van der Waals surface area contributed by atoms with Crippen molar-refractivity contribution in [3.63, 3.8) is 0 Å². The normalized spacial score (nSPS) is 11.1. The Balaban J connectivity index is 1.50. The summed E-state index contributed by atoms with van der Waals surface area (Å²) in [5.74, 6) is 0.273. The van der Waals surface area contributed by atoms with Gasteiger partial charge in [-0.05, 0) is 41.0 Å². The summed E-state index contributed by atoms with van der Waals surface area (Å²) in [5, 5.41) is 0. The van der Waals surface area contributed by atoms with E-state index in [0.29, 0.717) is 11.5 Å². The number of imidazole rings is 1. The van der Waals surface area contributed by atoms with Crippen molar-refractivity contribution in [2.24, 2.45) is 0 Å². The van der Waals surface area contributed by atoms with Crippen molar-refractivity contribution in [1.82, 2.24) is 9.55 Å². The van der Waals surface area contributed by atoms with Crippen molar-refractivity contribution in [3.05, 3.63) is 95.8 Å². The molecular weight excluding hydrogens is 416 g/mol. The Kier molecular flexibility index (Phi) is 6.64. The van der Waals surface area contributed by atoms with Crippen LogP contribution in [0.3, 0.4) is 0 Å². The quantitative estimate of drug-likeness (QED) is 0.223. The van der Waals surface area contributed by atoms with Crippen LogP contribution in [0.15, 0.2) is 79.1 Å². The predicted molar refractivity (Wildman–Crippen MR) is 127 cm³/mol. The van der Waals surface area contributed by atoms with Gasteiger partial charge in [-0.1, -0.05) is 54.6 Å². The van der Waals surface area contributed by atoms with E-state index in [1.165, 1.54) is 25.7 Å². The maximum atomic E-state index is 12.7. The first kappa shape index (κ1) is 22.0. The number of aromatic nitrogens is 2. The minimum Gasteiger partial charge on any atom is -0.493 e. The molecule has 0 N–H and O–H groups in total. The standard InChI is InChI=1S/C27H24N2O4/c1-19(30)33-26-15-20(12-14-25(26)32-2)11-13-23(31)16-22-9-6-10-24-27(22)28-18-29(24)17-21-7-4-3-5-8-21/h3-15,18H,16-17H2,1-2H3/b13-11+. The summed E-state index contributed by atoms with van der Waals surface area (Å²) in [6.45, 7) is 2.05. The molecule has 1 aromatic heterocycles. The van der Waals surface area contributed by atoms with Gasteiger partial charge in [-0.2, -0.15) is 0 Å². The summed E-state index contributed by atoms with van der Waals surface area (Å²) in [6.07, 6.45) is 5.28. The molecule has 0 saturated carbocycles. The lowest BCUT2D eigenvalue weighted by Gasteiger charge is -2.08. The number of esters is 1. The van der Waals surface area contributed by atoms with E-state index in [9.17, 15) is 9.59 Å². The summed E-state index contributed by atoms with van der Waals surface area (Å²) in [5.41, 5.74) is 4.62. The smallest absolute Gasteiger partial charge is 0.308 e. The van der Waals surface area contributed by atoms with Crippen molar-refractivity contribution < 1.29 is 19.1 Å². The molecule has 33 heavy (non-hydrogen) atoms. The van der Waals surface area contributed by atoms with Crippen LogP contribution in [0.4, 0.5) is 0 Å². The molecule has 1 heterocycles. The fourth-order valence-electron chi connectivity index (χ4n) is 3.66. The molecule has 0 aliphatic rings. The first-order chi connectivity index (χ1) is 16.0. The van der Waals surface area contributed by atoms with E-state index in [1.54, 1.807) is 24.3 Å². The number of ether oxygens (including phenoxy) is 2. The molecule has 6 nitrogen and oxygen atoms in total. The number of allylic oxidation sites excluding steroid dienone is 1. The zero-order valence-electron chi connectivity index (χ0n) is 18.5. The zero-order valence-corrected chi connectivity index (χ0v) is 18.5. The largest absolute Gasteiger partial charge is 0.493 e. The zero-order chi connectivity index (χ0) is 23.2. The number of para-hydroxylation sites is 1. The van der Waals surface area contributed by atoms with Crippen molar-refractivity contribution in [2.45, 2.75) is 19.9 Å². The van der Waals surface area contributed by atoms with Gasteiger partial charge < -0.3 is 14.0 Å². The van der Waals surface area contributed by atoms with E-state index >= 15 is 0 Å². The third-order valence-electron chi connectivity index (χ3n) is 5.20. The van der Waals surface area contributed by atoms with Crippen LogP contribution < -0.4 is 9.47 Å². The number of fused-ring (bicyclic) bond motifs is 1. The third kappa shape index (κ3) is 5.36. The van der Waals surface area contributed by atoms with Crippen molar-refractivity contribution in [2.75, 3.05) is 7.11 Å². The Morgan fingerprint density at radius 2 is 1.82 bits per heavy atom.